The van der Waals surface area contributed by atoms with Crippen molar-refractivity contribution >= 4 is 23.3 Å². The van der Waals surface area contributed by atoms with Crippen molar-refractivity contribution in [2.45, 2.75) is 26.3 Å². The number of hydrogen-bond donors (Lipinski definition) is 1. The van der Waals surface area contributed by atoms with Gasteiger partial charge in [0.2, 0.25) is 11.7 Å². The standard InChI is InChI=1S/C30H38N6O5/c1-20-5-8-22(9-6-20)35-14-11-23-26(30(35)38)36(32-29(23)31)25(37)12-13-33-15-17-34(18-16-33)19-21-7-10-24(39-2)28(41-4)27(21)40-3/h5-10H,11-19H2,1-4H3,(H2,31,32). The number of anilines is 2. The molecule has 5 rings (SSSR count). The average Bonchev–Trinajstić information content (AvgIpc) is 3.34. The van der Waals surface area contributed by atoms with Crippen molar-refractivity contribution in [3.63, 3.8) is 0 Å². The highest BCUT2D eigenvalue weighted by atomic mass is 16.5. The van der Waals surface area contributed by atoms with E-state index in [-0.39, 0.29) is 29.7 Å². The summed E-state index contributed by atoms with van der Waals surface area (Å²) in [5, 5.41) is 4.29. The van der Waals surface area contributed by atoms with Crippen LogP contribution >= 0.6 is 0 Å². The van der Waals surface area contributed by atoms with Gasteiger partial charge >= 0.3 is 0 Å². The molecule has 11 nitrogen and oxygen atoms in total. The number of nitrogen functional groups attached to an aromatic ring is 1. The van der Waals surface area contributed by atoms with E-state index < -0.39 is 0 Å². The Balaban J connectivity index is 1.19. The summed E-state index contributed by atoms with van der Waals surface area (Å²) >= 11 is 0. The summed E-state index contributed by atoms with van der Waals surface area (Å²) in [5.41, 5.74) is 10.0. The molecule has 218 valence electrons. The van der Waals surface area contributed by atoms with Crippen LogP contribution in [0, 0.1) is 6.92 Å². The Labute approximate surface area is 240 Å². The molecule has 3 aromatic rings. The molecule has 11 heteroatoms. The molecular formula is C30H38N6O5. The molecule has 1 saturated heterocycles. The van der Waals surface area contributed by atoms with E-state index in [2.05, 4.69) is 14.9 Å². The van der Waals surface area contributed by atoms with E-state index in [1.807, 2.05) is 43.3 Å². The highest BCUT2D eigenvalue weighted by molar-refractivity contribution is 6.09. The largest absolute Gasteiger partial charge is 0.493 e. The fraction of sp³-hybridized carbons (Fsp3) is 0.433. The SMILES string of the molecule is COc1ccc(CN2CCN(CCC(=O)n3nc(N)c4c3C(=O)N(c3ccc(C)cc3)CC4)CC2)c(OC)c1OC. The lowest BCUT2D eigenvalue weighted by molar-refractivity contribution is 0.0812. The lowest BCUT2D eigenvalue weighted by atomic mass is 10.0. The zero-order chi connectivity index (χ0) is 29.1. The van der Waals surface area contributed by atoms with Crippen molar-refractivity contribution in [2.75, 3.05) is 71.2 Å². The normalized spacial score (nSPS) is 16.0. The van der Waals surface area contributed by atoms with Crippen LogP contribution < -0.4 is 24.8 Å². The van der Waals surface area contributed by atoms with Crippen LogP contribution in [0.25, 0.3) is 0 Å². The fourth-order valence-corrected chi connectivity index (χ4v) is 5.60. The molecule has 2 aliphatic heterocycles. The number of nitrogens with two attached hydrogens (primary N) is 1. The van der Waals surface area contributed by atoms with Crippen molar-refractivity contribution < 1.29 is 23.8 Å². The molecule has 0 unspecified atom stereocenters. The number of benzene rings is 2. The molecule has 41 heavy (non-hydrogen) atoms. The summed E-state index contributed by atoms with van der Waals surface area (Å²) in [6, 6.07) is 11.7. The minimum atomic E-state index is -0.244. The van der Waals surface area contributed by atoms with Gasteiger partial charge in [-0.15, -0.1) is 5.10 Å². The third-order valence-corrected chi connectivity index (χ3v) is 7.92. The van der Waals surface area contributed by atoms with Gasteiger partial charge in [0, 0.05) is 69.0 Å². The highest BCUT2D eigenvalue weighted by Crippen LogP contribution is 2.40. The molecule has 2 aliphatic rings. The number of aromatic nitrogens is 2. The van der Waals surface area contributed by atoms with Crippen molar-refractivity contribution in [2.24, 2.45) is 0 Å². The van der Waals surface area contributed by atoms with Gasteiger partial charge in [0.25, 0.3) is 5.91 Å². The molecule has 0 bridgehead atoms. The summed E-state index contributed by atoms with van der Waals surface area (Å²) in [5.74, 6) is 1.68. The van der Waals surface area contributed by atoms with Gasteiger partial charge in [-0.3, -0.25) is 14.5 Å². The maximum absolute atomic E-state index is 13.5. The van der Waals surface area contributed by atoms with E-state index >= 15 is 0 Å². The highest BCUT2D eigenvalue weighted by Gasteiger charge is 2.34. The lowest BCUT2D eigenvalue weighted by Gasteiger charge is -2.35. The monoisotopic (exact) mass is 562 g/mol. The van der Waals surface area contributed by atoms with E-state index in [0.717, 1.165) is 43.0 Å². The lowest BCUT2D eigenvalue weighted by Crippen LogP contribution is -2.46. The Morgan fingerprint density at radius 2 is 1.59 bits per heavy atom. The van der Waals surface area contributed by atoms with Crippen molar-refractivity contribution in [3.8, 4) is 17.2 Å². The molecule has 0 radical (unpaired) electrons. The van der Waals surface area contributed by atoms with Gasteiger partial charge in [0.05, 0.1) is 21.3 Å². The zero-order valence-corrected chi connectivity index (χ0v) is 24.2. The van der Waals surface area contributed by atoms with Crippen LogP contribution in [0.2, 0.25) is 0 Å². The number of nitrogens with zero attached hydrogens (tertiary/aromatic N) is 5. The minimum absolute atomic E-state index is 0.227. The second-order valence-electron chi connectivity index (χ2n) is 10.4. The first-order valence-corrected chi connectivity index (χ1v) is 13.9. The number of piperazine rings is 1. The van der Waals surface area contributed by atoms with Gasteiger partial charge in [0.15, 0.2) is 11.5 Å². The number of amides is 1. The Kier molecular flexibility index (Phi) is 8.46. The number of carbonyl (C=O) groups is 2. The van der Waals surface area contributed by atoms with E-state index in [0.29, 0.717) is 48.9 Å². The zero-order valence-electron chi connectivity index (χ0n) is 24.2. The summed E-state index contributed by atoms with van der Waals surface area (Å²) in [7, 11) is 4.84. The molecule has 0 atom stereocenters. The molecule has 1 aromatic heterocycles. The number of rotatable bonds is 9. The van der Waals surface area contributed by atoms with Crippen LogP contribution in [0.5, 0.6) is 17.2 Å². The van der Waals surface area contributed by atoms with Crippen molar-refractivity contribution in [1.82, 2.24) is 19.6 Å². The number of hydrogen-bond acceptors (Lipinski definition) is 9. The molecule has 0 spiro atoms. The first-order chi connectivity index (χ1) is 19.8. The number of methoxy groups -OCH3 is 3. The first kappa shape index (κ1) is 28.4. The molecule has 2 aromatic carbocycles. The molecule has 1 fully saturated rings. The van der Waals surface area contributed by atoms with Crippen molar-refractivity contribution in [3.05, 3.63) is 58.8 Å². The van der Waals surface area contributed by atoms with Crippen LogP contribution in [0.1, 0.15) is 38.4 Å². The molecular weight excluding hydrogens is 524 g/mol. The topological polar surface area (TPSA) is 115 Å². The number of aryl methyl sites for hydroxylation is 1. The van der Waals surface area contributed by atoms with E-state index in [9.17, 15) is 9.59 Å². The molecule has 1 amide bonds. The Bertz CT molecular complexity index is 1410. The second kappa shape index (κ2) is 12.2. The quantitative estimate of drug-likeness (QED) is 0.420. The number of fused-ring (bicyclic) bond motifs is 1. The van der Waals surface area contributed by atoms with Gasteiger partial charge in [-0.05, 0) is 31.5 Å². The van der Waals surface area contributed by atoms with Gasteiger partial charge in [-0.1, -0.05) is 23.8 Å². The number of ether oxygens (including phenoxy) is 3. The van der Waals surface area contributed by atoms with Gasteiger partial charge in [-0.25, -0.2) is 0 Å². The summed E-state index contributed by atoms with van der Waals surface area (Å²) < 4.78 is 17.8. The summed E-state index contributed by atoms with van der Waals surface area (Å²) in [6.07, 6.45) is 0.801. The van der Waals surface area contributed by atoms with E-state index in [1.165, 1.54) is 4.68 Å². The number of carbonyl (C=O) groups excluding carboxylic acids is 2. The van der Waals surface area contributed by atoms with Crippen LogP contribution in [-0.2, 0) is 13.0 Å². The minimum Gasteiger partial charge on any atom is -0.493 e. The van der Waals surface area contributed by atoms with Crippen LogP contribution in [0.15, 0.2) is 36.4 Å². The van der Waals surface area contributed by atoms with Gasteiger partial charge in [-0.2, -0.15) is 4.68 Å². The van der Waals surface area contributed by atoms with E-state index in [4.69, 9.17) is 19.9 Å². The maximum atomic E-state index is 13.5. The average molecular weight is 563 g/mol. The Morgan fingerprint density at radius 3 is 2.24 bits per heavy atom. The smallest absolute Gasteiger partial charge is 0.277 e. The fourth-order valence-electron chi connectivity index (χ4n) is 5.60. The van der Waals surface area contributed by atoms with Gasteiger partial charge < -0.3 is 29.7 Å². The molecule has 2 N–H and O–H groups in total. The van der Waals surface area contributed by atoms with Crippen LogP contribution in [0.3, 0.4) is 0 Å². The first-order valence-electron chi connectivity index (χ1n) is 13.9. The molecule has 3 heterocycles. The summed E-state index contributed by atoms with van der Waals surface area (Å²) in [4.78, 5) is 33.1. The molecule has 0 saturated carbocycles. The third kappa shape index (κ3) is 5.73. The Morgan fingerprint density at radius 1 is 0.902 bits per heavy atom. The van der Waals surface area contributed by atoms with Crippen molar-refractivity contribution in [1.29, 1.82) is 0 Å². The second-order valence-corrected chi connectivity index (χ2v) is 10.4. The van der Waals surface area contributed by atoms with E-state index in [1.54, 1.807) is 26.2 Å². The Hall–Kier alpha value is -4.09. The predicted octanol–water partition coefficient (Wildman–Crippen LogP) is 2.85. The van der Waals surface area contributed by atoms with Crippen LogP contribution in [0.4, 0.5) is 11.5 Å². The van der Waals surface area contributed by atoms with Gasteiger partial charge in [0.1, 0.15) is 11.5 Å². The maximum Gasteiger partial charge on any atom is 0.277 e. The predicted molar refractivity (Wildman–Crippen MR) is 156 cm³/mol. The molecule has 0 aliphatic carbocycles. The third-order valence-electron chi connectivity index (χ3n) is 7.92. The summed E-state index contributed by atoms with van der Waals surface area (Å²) in [6.45, 7) is 7.14. The van der Waals surface area contributed by atoms with Crippen LogP contribution in [-0.4, -0.2) is 92.0 Å².